The molecule has 2 aromatic rings. The van der Waals surface area contributed by atoms with Gasteiger partial charge in [0.2, 0.25) is 0 Å². The molecule has 0 saturated heterocycles. The van der Waals surface area contributed by atoms with Crippen LogP contribution >= 0.6 is 15.9 Å². The molecule has 2 heterocycles. The summed E-state index contributed by atoms with van der Waals surface area (Å²) < 4.78 is 2.93. The van der Waals surface area contributed by atoms with E-state index < -0.39 is 0 Å². The topological polar surface area (TPSA) is 68.8 Å². The van der Waals surface area contributed by atoms with Gasteiger partial charge in [-0.2, -0.15) is 5.10 Å². The van der Waals surface area contributed by atoms with Crippen molar-refractivity contribution >= 4 is 15.9 Å². The number of aromatic nitrogens is 3. The molecule has 2 rings (SSSR count). The van der Waals surface area contributed by atoms with E-state index in [1.54, 1.807) is 0 Å². The molecule has 0 aromatic carbocycles. The number of hydrogen-bond donors (Lipinski definition) is 2. The molecular formula is C14H20BrN5. The van der Waals surface area contributed by atoms with Crippen LogP contribution in [0.2, 0.25) is 0 Å². The first kappa shape index (κ1) is 15.2. The maximum absolute atomic E-state index is 5.80. The van der Waals surface area contributed by atoms with E-state index >= 15 is 0 Å². The molecule has 108 valence electrons. The molecule has 0 saturated carbocycles. The number of nitrogens with zero attached hydrogens (tertiary/aromatic N) is 3. The fraction of sp³-hybridized carbons (Fsp3) is 0.429. The lowest BCUT2D eigenvalue weighted by Crippen LogP contribution is -2.31. The Kier molecular flexibility index (Phi) is 4.91. The van der Waals surface area contributed by atoms with Gasteiger partial charge in [0.1, 0.15) is 0 Å². The van der Waals surface area contributed by atoms with Gasteiger partial charge in [0.05, 0.1) is 22.4 Å². The molecule has 0 amide bonds. The van der Waals surface area contributed by atoms with E-state index in [4.69, 9.17) is 5.84 Å². The first-order valence-corrected chi connectivity index (χ1v) is 7.49. The summed E-state index contributed by atoms with van der Waals surface area (Å²) in [6.07, 6.45) is 2.83. The highest BCUT2D eigenvalue weighted by atomic mass is 79.9. The minimum Gasteiger partial charge on any atom is -0.271 e. The highest BCUT2D eigenvalue weighted by Gasteiger charge is 2.22. The lowest BCUT2D eigenvalue weighted by atomic mass is 10.0. The van der Waals surface area contributed by atoms with Crippen molar-refractivity contribution in [2.24, 2.45) is 5.84 Å². The van der Waals surface area contributed by atoms with Crippen LogP contribution in [0, 0.1) is 13.8 Å². The van der Waals surface area contributed by atoms with Gasteiger partial charge < -0.3 is 0 Å². The number of halogens is 1. The van der Waals surface area contributed by atoms with Crippen molar-refractivity contribution in [2.75, 3.05) is 0 Å². The Hall–Kier alpha value is -1.24. The summed E-state index contributed by atoms with van der Waals surface area (Å²) in [4.78, 5) is 4.52. The van der Waals surface area contributed by atoms with Crippen LogP contribution < -0.4 is 11.3 Å². The van der Waals surface area contributed by atoms with E-state index in [9.17, 15) is 0 Å². The van der Waals surface area contributed by atoms with Gasteiger partial charge >= 0.3 is 0 Å². The van der Waals surface area contributed by atoms with Crippen molar-refractivity contribution < 1.29 is 0 Å². The molecule has 20 heavy (non-hydrogen) atoms. The number of pyridine rings is 1. The summed E-state index contributed by atoms with van der Waals surface area (Å²) in [5, 5.41) is 4.40. The molecule has 0 bridgehead atoms. The lowest BCUT2D eigenvalue weighted by molar-refractivity contribution is 0.517. The maximum atomic E-state index is 5.80. The van der Waals surface area contributed by atoms with Gasteiger partial charge in [0.25, 0.3) is 0 Å². The summed E-state index contributed by atoms with van der Waals surface area (Å²) in [5.41, 5.74) is 6.97. The van der Waals surface area contributed by atoms with Crippen LogP contribution in [0.4, 0.5) is 0 Å². The highest BCUT2D eigenvalue weighted by Crippen LogP contribution is 2.29. The predicted octanol–water partition coefficient (Wildman–Crippen LogP) is 2.62. The van der Waals surface area contributed by atoms with Crippen molar-refractivity contribution in [1.29, 1.82) is 0 Å². The van der Waals surface area contributed by atoms with Crippen LogP contribution in [0.1, 0.15) is 42.0 Å². The summed E-state index contributed by atoms with van der Waals surface area (Å²) in [7, 11) is 0. The summed E-state index contributed by atoms with van der Waals surface area (Å²) in [6, 6.07) is 3.94. The Labute approximate surface area is 127 Å². The van der Waals surface area contributed by atoms with Crippen LogP contribution in [0.15, 0.2) is 22.8 Å². The number of nitrogens with two attached hydrogens (primary N) is 1. The van der Waals surface area contributed by atoms with Gasteiger partial charge in [-0.1, -0.05) is 13.0 Å². The average Bonchev–Trinajstić information content (AvgIpc) is 2.75. The summed E-state index contributed by atoms with van der Waals surface area (Å²) in [6.45, 7) is 6.97. The van der Waals surface area contributed by atoms with Gasteiger partial charge in [-0.05, 0) is 47.8 Å². The van der Waals surface area contributed by atoms with E-state index in [0.717, 1.165) is 40.1 Å². The zero-order valence-corrected chi connectivity index (χ0v) is 13.6. The molecule has 0 radical (unpaired) electrons. The number of nitrogens with one attached hydrogen (secondary N) is 1. The predicted molar refractivity (Wildman–Crippen MR) is 83.1 cm³/mol. The molecule has 1 atom stereocenters. The molecule has 0 aliphatic heterocycles. The largest absolute Gasteiger partial charge is 0.271 e. The van der Waals surface area contributed by atoms with Crippen LogP contribution in [0.3, 0.4) is 0 Å². The minimum atomic E-state index is -0.133. The third-order valence-electron chi connectivity index (χ3n) is 3.29. The van der Waals surface area contributed by atoms with Crippen LogP contribution in [-0.4, -0.2) is 14.8 Å². The first-order chi connectivity index (χ1) is 9.58. The Morgan fingerprint density at radius 2 is 2.15 bits per heavy atom. The van der Waals surface area contributed by atoms with Crippen molar-refractivity contribution in [3.8, 4) is 0 Å². The molecule has 0 aliphatic rings. The van der Waals surface area contributed by atoms with E-state index in [-0.39, 0.29) is 6.04 Å². The van der Waals surface area contributed by atoms with Gasteiger partial charge in [-0.3, -0.25) is 15.5 Å². The quantitative estimate of drug-likeness (QED) is 0.650. The second-order valence-corrected chi connectivity index (χ2v) is 5.68. The lowest BCUT2D eigenvalue weighted by Gasteiger charge is -2.20. The molecule has 0 aliphatic carbocycles. The molecule has 0 fully saturated rings. The van der Waals surface area contributed by atoms with Gasteiger partial charge in [-0.15, -0.1) is 0 Å². The molecule has 0 spiro atoms. The van der Waals surface area contributed by atoms with Gasteiger partial charge in [0, 0.05) is 17.9 Å². The fourth-order valence-electron chi connectivity index (χ4n) is 2.37. The monoisotopic (exact) mass is 337 g/mol. The summed E-state index contributed by atoms with van der Waals surface area (Å²) >= 11 is 3.57. The van der Waals surface area contributed by atoms with Crippen molar-refractivity contribution in [1.82, 2.24) is 20.2 Å². The fourth-order valence-corrected chi connectivity index (χ4v) is 2.89. The van der Waals surface area contributed by atoms with Gasteiger partial charge in [0.15, 0.2) is 0 Å². The van der Waals surface area contributed by atoms with E-state index in [1.165, 1.54) is 0 Å². The normalized spacial score (nSPS) is 12.7. The molecule has 6 heteroatoms. The Morgan fingerprint density at radius 1 is 1.40 bits per heavy atom. The van der Waals surface area contributed by atoms with E-state index in [0.29, 0.717) is 0 Å². The summed E-state index contributed by atoms with van der Waals surface area (Å²) in [5.74, 6) is 5.80. The SMILES string of the molecule is CCCn1ncc(Br)c1C(NN)c1ccc(C)nc1C. The molecule has 1 unspecified atom stereocenters. The van der Waals surface area contributed by atoms with Crippen molar-refractivity contribution in [2.45, 2.75) is 39.8 Å². The van der Waals surface area contributed by atoms with Gasteiger partial charge in [-0.25, -0.2) is 5.43 Å². The van der Waals surface area contributed by atoms with E-state index in [1.807, 2.05) is 30.8 Å². The average molecular weight is 338 g/mol. The third kappa shape index (κ3) is 2.92. The zero-order valence-electron chi connectivity index (χ0n) is 12.0. The second-order valence-electron chi connectivity index (χ2n) is 4.83. The second kappa shape index (κ2) is 6.47. The number of hydrazine groups is 1. The number of aryl methyl sites for hydroxylation is 3. The van der Waals surface area contributed by atoms with Crippen molar-refractivity contribution in [3.63, 3.8) is 0 Å². The molecular weight excluding hydrogens is 318 g/mol. The first-order valence-electron chi connectivity index (χ1n) is 6.70. The Balaban J connectivity index is 2.49. The highest BCUT2D eigenvalue weighted by molar-refractivity contribution is 9.10. The maximum Gasteiger partial charge on any atom is 0.0907 e. The molecule has 2 aromatic heterocycles. The zero-order chi connectivity index (χ0) is 14.7. The Bertz CT molecular complexity index is 593. The third-order valence-corrected chi connectivity index (χ3v) is 3.90. The number of hydrogen-bond acceptors (Lipinski definition) is 4. The number of rotatable bonds is 5. The Morgan fingerprint density at radius 3 is 2.75 bits per heavy atom. The van der Waals surface area contributed by atoms with Crippen LogP contribution in [-0.2, 0) is 6.54 Å². The standard InChI is InChI=1S/C14H20BrN5/c1-4-7-20-14(12(15)8-17-20)13(19-16)11-6-5-9(2)18-10(11)3/h5-6,8,13,19H,4,7,16H2,1-3H3. The van der Waals surface area contributed by atoms with E-state index in [2.05, 4.69) is 44.4 Å². The minimum absolute atomic E-state index is 0.133. The molecule has 5 nitrogen and oxygen atoms in total. The van der Waals surface area contributed by atoms with Crippen molar-refractivity contribution in [3.05, 3.63) is 45.4 Å². The van der Waals surface area contributed by atoms with Crippen LogP contribution in [0.25, 0.3) is 0 Å². The molecule has 3 N–H and O–H groups in total. The smallest absolute Gasteiger partial charge is 0.0907 e. The van der Waals surface area contributed by atoms with Crippen LogP contribution in [0.5, 0.6) is 0 Å².